The van der Waals surface area contributed by atoms with Crippen LogP contribution < -0.4 is 5.43 Å². The molecule has 2 aromatic carbocycles. The molecule has 0 unspecified atom stereocenters. The van der Waals surface area contributed by atoms with Crippen molar-refractivity contribution in [2.75, 3.05) is 0 Å². The molecule has 108 valence electrons. The summed E-state index contributed by atoms with van der Waals surface area (Å²) in [5.41, 5.74) is 1.05. The summed E-state index contributed by atoms with van der Waals surface area (Å²) in [7, 11) is 0. The van der Waals surface area contributed by atoms with E-state index < -0.39 is 0 Å². The maximum Gasteiger partial charge on any atom is 0.200 e. The average Bonchev–Trinajstić information content (AvgIpc) is 2.55. The molecule has 0 amide bonds. The van der Waals surface area contributed by atoms with Crippen molar-refractivity contribution < 1.29 is 9.21 Å². The van der Waals surface area contributed by atoms with Gasteiger partial charge in [-0.05, 0) is 6.92 Å². The van der Waals surface area contributed by atoms with E-state index in [1.54, 1.807) is 31.2 Å². The Kier molecular flexibility index (Phi) is 3.71. The third kappa shape index (κ3) is 2.61. The van der Waals surface area contributed by atoms with Crippen molar-refractivity contribution in [3.8, 4) is 11.3 Å². The van der Waals surface area contributed by atoms with Gasteiger partial charge in [0.2, 0.25) is 0 Å². The molecule has 3 nitrogen and oxygen atoms in total. The Morgan fingerprint density at radius 1 is 0.909 bits per heavy atom. The Morgan fingerprint density at radius 3 is 2.09 bits per heavy atom. The summed E-state index contributed by atoms with van der Waals surface area (Å²) in [5, 5.41) is 0. The van der Waals surface area contributed by atoms with Crippen LogP contribution in [0.4, 0.5) is 0 Å². The maximum absolute atomic E-state index is 12.5. The second-order valence-corrected chi connectivity index (χ2v) is 4.97. The monoisotopic (exact) mass is 290 g/mol. The van der Waals surface area contributed by atoms with Crippen LogP contribution >= 0.6 is 0 Å². The molecule has 0 aliphatic carbocycles. The summed E-state index contributed by atoms with van der Waals surface area (Å²) in [6.45, 7) is 1.64. The molecular formula is C19H14O3. The van der Waals surface area contributed by atoms with Gasteiger partial charge in [0, 0.05) is 17.2 Å². The van der Waals surface area contributed by atoms with Gasteiger partial charge in [-0.3, -0.25) is 9.59 Å². The number of ketones is 1. The molecule has 0 saturated heterocycles. The van der Waals surface area contributed by atoms with Crippen LogP contribution in [0.5, 0.6) is 0 Å². The first-order chi connectivity index (χ1) is 10.7. The van der Waals surface area contributed by atoms with Crippen LogP contribution in [-0.2, 0) is 0 Å². The zero-order valence-corrected chi connectivity index (χ0v) is 12.1. The third-order valence-electron chi connectivity index (χ3n) is 3.45. The predicted octanol–water partition coefficient (Wildman–Crippen LogP) is 3.85. The number of benzene rings is 2. The molecule has 3 heteroatoms. The van der Waals surface area contributed by atoms with Crippen molar-refractivity contribution in [1.82, 2.24) is 0 Å². The molecule has 0 radical (unpaired) electrons. The van der Waals surface area contributed by atoms with Crippen molar-refractivity contribution >= 4 is 5.78 Å². The Balaban J connectivity index is 2.08. The highest BCUT2D eigenvalue weighted by molar-refractivity contribution is 6.09. The minimum atomic E-state index is -0.323. The zero-order chi connectivity index (χ0) is 15.5. The molecule has 0 aliphatic heterocycles. The molecule has 0 aliphatic rings. The summed E-state index contributed by atoms with van der Waals surface area (Å²) < 4.78 is 5.70. The fourth-order valence-electron chi connectivity index (χ4n) is 2.36. The number of hydrogen-bond donors (Lipinski definition) is 0. The van der Waals surface area contributed by atoms with E-state index in [1.165, 1.54) is 6.07 Å². The van der Waals surface area contributed by atoms with E-state index in [2.05, 4.69) is 0 Å². The largest absolute Gasteiger partial charge is 0.460 e. The van der Waals surface area contributed by atoms with Crippen molar-refractivity contribution in [3.05, 3.63) is 93.8 Å². The van der Waals surface area contributed by atoms with Crippen LogP contribution in [-0.4, -0.2) is 5.78 Å². The summed E-state index contributed by atoms with van der Waals surface area (Å²) in [4.78, 5) is 24.8. The minimum absolute atomic E-state index is 0.0888. The molecule has 3 aromatic rings. The number of hydrogen-bond acceptors (Lipinski definition) is 3. The molecular weight excluding hydrogens is 276 g/mol. The average molecular weight is 290 g/mol. The summed E-state index contributed by atoms with van der Waals surface area (Å²) >= 11 is 0. The van der Waals surface area contributed by atoms with E-state index in [1.807, 2.05) is 36.4 Å². The highest BCUT2D eigenvalue weighted by Gasteiger charge is 2.18. The summed E-state index contributed by atoms with van der Waals surface area (Å²) in [6.07, 6.45) is 0. The van der Waals surface area contributed by atoms with Crippen LogP contribution in [0.25, 0.3) is 11.3 Å². The van der Waals surface area contributed by atoms with E-state index in [0.29, 0.717) is 17.1 Å². The lowest BCUT2D eigenvalue weighted by Crippen LogP contribution is -2.17. The molecule has 22 heavy (non-hydrogen) atoms. The van der Waals surface area contributed by atoms with Gasteiger partial charge in [0.15, 0.2) is 11.2 Å². The van der Waals surface area contributed by atoms with Gasteiger partial charge in [0.1, 0.15) is 17.1 Å². The van der Waals surface area contributed by atoms with Crippen LogP contribution in [0, 0.1) is 6.92 Å². The Morgan fingerprint density at radius 2 is 1.50 bits per heavy atom. The standard InChI is InChI=1S/C19H14O3/c1-13-18(19(21)15-10-6-3-7-11-15)16(20)12-17(22-13)14-8-4-2-5-9-14/h2-12H,1H3. The molecule has 0 fully saturated rings. The van der Waals surface area contributed by atoms with E-state index in [4.69, 9.17) is 4.42 Å². The van der Waals surface area contributed by atoms with Crippen molar-refractivity contribution in [2.24, 2.45) is 0 Å². The molecule has 0 atom stereocenters. The first-order valence-electron chi connectivity index (χ1n) is 6.97. The van der Waals surface area contributed by atoms with Crippen LogP contribution in [0.3, 0.4) is 0 Å². The lowest BCUT2D eigenvalue weighted by Gasteiger charge is -2.07. The van der Waals surface area contributed by atoms with Crippen LogP contribution in [0.15, 0.2) is 75.9 Å². The molecule has 1 heterocycles. The van der Waals surface area contributed by atoms with Crippen molar-refractivity contribution in [2.45, 2.75) is 6.92 Å². The number of aryl methyl sites for hydroxylation is 1. The van der Waals surface area contributed by atoms with Gasteiger partial charge in [0.25, 0.3) is 0 Å². The topological polar surface area (TPSA) is 47.3 Å². The Bertz CT molecular complexity index is 862. The zero-order valence-electron chi connectivity index (χ0n) is 12.1. The Hall–Kier alpha value is -2.94. The first-order valence-corrected chi connectivity index (χ1v) is 6.97. The van der Waals surface area contributed by atoms with Gasteiger partial charge < -0.3 is 4.42 Å². The quantitative estimate of drug-likeness (QED) is 0.688. The Labute approximate surface area is 127 Å². The van der Waals surface area contributed by atoms with E-state index >= 15 is 0 Å². The lowest BCUT2D eigenvalue weighted by atomic mass is 10.0. The van der Waals surface area contributed by atoms with Gasteiger partial charge in [0.05, 0.1) is 0 Å². The van der Waals surface area contributed by atoms with Gasteiger partial charge >= 0.3 is 0 Å². The lowest BCUT2D eigenvalue weighted by molar-refractivity contribution is 0.103. The molecule has 1 aromatic heterocycles. The van der Waals surface area contributed by atoms with Gasteiger partial charge in [-0.2, -0.15) is 0 Å². The predicted molar refractivity (Wildman–Crippen MR) is 85.0 cm³/mol. The highest BCUT2D eigenvalue weighted by Crippen LogP contribution is 2.20. The van der Waals surface area contributed by atoms with E-state index in [9.17, 15) is 9.59 Å². The second kappa shape index (κ2) is 5.82. The molecule has 0 N–H and O–H groups in total. The highest BCUT2D eigenvalue weighted by atomic mass is 16.3. The number of carbonyl (C=O) groups excluding carboxylic acids is 1. The SMILES string of the molecule is Cc1oc(-c2ccccc2)cc(=O)c1C(=O)c1ccccc1. The first kappa shape index (κ1) is 14.0. The van der Waals surface area contributed by atoms with Crippen LogP contribution in [0.1, 0.15) is 21.7 Å². The third-order valence-corrected chi connectivity index (χ3v) is 3.45. The smallest absolute Gasteiger partial charge is 0.200 e. The van der Waals surface area contributed by atoms with Gasteiger partial charge in [-0.1, -0.05) is 60.7 Å². The molecule has 0 saturated carbocycles. The molecule has 0 spiro atoms. The summed E-state index contributed by atoms with van der Waals surface area (Å²) in [6, 6.07) is 19.4. The fraction of sp³-hybridized carbons (Fsp3) is 0.0526. The van der Waals surface area contributed by atoms with Crippen LogP contribution in [0.2, 0.25) is 0 Å². The fourth-order valence-corrected chi connectivity index (χ4v) is 2.36. The normalized spacial score (nSPS) is 10.4. The molecule has 0 bridgehead atoms. The van der Waals surface area contributed by atoms with Gasteiger partial charge in [-0.25, -0.2) is 0 Å². The second-order valence-electron chi connectivity index (χ2n) is 4.97. The van der Waals surface area contributed by atoms with Crippen molar-refractivity contribution in [3.63, 3.8) is 0 Å². The maximum atomic E-state index is 12.5. The molecule has 3 rings (SSSR count). The minimum Gasteiger partial charge on any atom is -0.460 e. The van der Waals surface area contributed by atoms with E-state index in [-0.39, 0.29) is 16.8 Å². The van der Waals surface area contributed by atoms with Gasteiger partial charge in [-0.15, -0.1) is 0 Å². The number of rotatable bonds is 3. The van der Waals surface area contributed by atoms with E-state index in [0.717, 1.165) is 5.56 Å². The number of carbonyl (C=O) groups is 1. The van der Waals surface area contributed by atoms with Crippen molar-refractivity contribution in [1.29, 1.82) is 0 Å². The summed E-state index contributed by atoms with van der Waals surface area (Å²) in [5.74, 6) is 0.486.